The Morgan fingerprint density at radius 1 is 1.47 bits per heavy atom. The molecule has 0 spiro atoms. The van der Waals surface area contributed by atoms with E-state index in [9.17, 15) is 8.42 Å². The van der Waals surface area contributed by atoms with E-state index in [0.29, 0.717) is 17.9 Å². The summed E-state index contributed by atoms with van der Waals surface area (Å²) in [5.74, 6) is 0.296. The van der Waals surface area contributed by atoms with E-state index in [0.717, 1.165) is 17.6 Å². The smallest absolute Gasteiger partial charge is 0.158 e. The average molecular weight is 250 g/mol. The fourth-order valence-corrected chi connectivity index (χ4v) is 4.31. The number of aromatic nitrogens is 2. The summed E-state index contributed by atoms with van der Waals surface area (Å²) in [5, 5.41) is -0.401. The van der Waals surface area contributed by atoms with Crippen molar-refractivity contribution in [3.8, 4) is 0 Å². The quantitative estimate of drug-likeness (QED) is 0.776. The van der Waals surface area contributed by atoms with Gasteiger partial charge in [0.05, 0.1) is 11.4 Å². The Morgan fingerprint density at radius 2 is 2.29 bits per heavy atom. The normalized spacial score (nSPS) is 23.2. The summed E-state index contributed by atoms with van der Waals surface area (Å²) in [6.45, 7) is 1.98. The van der Waals surface area contributed by atoms with Crippen LogP contribution >= 0.6 is 0 Å². The van der Waals surface area contributed by atoms with Gasteiger partial charge in [-0.25, -0.2) is 13.4 Å². The monoisotopic (exact) mass is 250 g/mol. The topological polar surface area (TPSA) is 51.4 Å². The van der Waals surface area contributed by atoms with Crippen molar-refractivity contribution in [2.75, 3.05) is 5.75 Å². The van der Waals surface area contributed by atoms with Crippen molar-refractivity contribution >= 4 is 15.5 Å². The first-order valence-corrected chi connectivity index (χ1v) is 7.45. The molecule has 1 aliphatic heterocycles. The maximum atomic E-state index is 11.9. The summed E-state index contributed by atoms with van der Waals surface area (Å²) in [4.78, 5) is 4.47. The Morgan fingerprint density at radius 3 is 2.94 bits per heavy atom. The van der Waals surface area contributed by atoms with Gasteiger partial charge in [0, 0.05) is 12.4 Å². The van der Waals surface area contributed by atoms with Crippen LogP contribution in [0.2, 0.25) is 0 Å². The van der Waals surface area contributed by atoms with Gasteiger partial charge >= 0.3 is 0 Å². The van der Waals surface area contributed by atoms with Crippen LogP contribution in [-0.2, 0) is 9.84 Å². The number of sulfone groups is 1. The largest absolute Gasteiger partial charge is 0.307 e. The Bertz CT molecular complexity index is 673. The van der Waals surface area contributed by atoms with E-state index in [-0.39, 0.29) is 0 Å². The fraction of sp³-hybridized carbons (Fsp3) is 0.417. The van der Waals surface area contributed by atoms with E-state index in [1.807, 2.05) is 35.9 Å². The lowest BCUT2D eigenvalue weighted by Crippen LogP contribution is -2.08. The molecule has 5 heteroatoms. The zero-order chi connectivity index (χ0) is 12.0. The summed E-state index contributed by atoms with van der Waals surface area (Å²) in [6, 6.07) is 3.92. The zero-order valence-electron chi connectivity index (χ0n) is 9.63. The Hall–Kier alpha value is -1.36. The number of fused-ring (bicyclic) bond motifs is 1. The first-order chi connectivity index (χ1) is 8.08. The molecule has 0 amide bonds. The second-order valence-electron chi connectivity index (χ2n) is 4.59. The third-order valence-corrected chi connectivity index (χ3v) is 5.56. The van der Waals surface area contributed by atoms with Gasteiger partial charge in [-0.05, 0) is 31.4 Å². The van der Waals surface area contributed by atoms with Crippen molar-refractivity contribution in [2.24, 2.45) is 0 Å². The van der Waals surface area contributed by atoms with Gasteiger partial charge in [0.1, 0.15) is 10.9 Å². The van der Waals surface area contributed by atoms with Gasteiger partial charge in [-0.15, -0.1) is 0 Å². The number of hydrogen-bond acceptors (Lipinski definition) is 3. The number of nitrogens with zero attached hydrogens (tertiary/aromatic N) is 2. The molecule has 17 heavy (non-hydrogen) atoms. The van der Waals surface area contributed by atoms with Crippen LogP contribution < -0.4 is 0 Å². The molecule has 0 aliphatic carbocycles. The van der Waals surface area contributed by atoms with Crippen molar-refractivity contribution < 1.29 is 8.42 Å². The highest BCUT2D eigenvalue weighted by Gasteiger charge is 2.34. The summed E-state index contributed by atoms with van der Waals surface area (Å²) in [5.41, 5.74) is 2.61. The molecule has 3 heterocycles. The minimum absolute atomic E-state index is 0.296. The van der Waals surface area contributed by atoms with Crippen LogP contribution in [0.15, 0.2) is 24.5 Å². The van der Waals surface area contributed by atoms with E-state index in [2.05, 4.69) is 4.98 Å². The van der Waals surface area contributed by atoms with Crippen molar-refractivity contribution in [3.63, 3.8) is 0 Å². The van der Waals surface area contributed by atoms with Crippen molar-refractivity contribution in [2.45, 2.75) is 25.0 Å². The number of rotatable bonds is 1. The summed E-state index contributed by atoms with van der Waals surface area (Å²) < 4.78 is 25.7. The second kappa shape index (κ2) is 3.57. The molecule has 1 saturated heterocycles. The predicted molar refractivity (Wildman–Crippen MR) is 65.7 cm³/mol. The maximum absolute atomic E-state index is 11.9. The highest BCUT2D eigenvalue weighted by molar-refractivity contribution is 7.91. The number of imidazole rings is 1. The summed E-state index contributed by atoms with van der Waals surface area (Å²) in [7, 11) is -2.98. The van der Waals surface area contributed by atoms with Gasteiger partial charge in [-0.3, -0.25) is 0 Å². The van der Waals surface area contributed by atoms with E-state index in [4.69, 9.17) is 0 Å². The Kier molecular flexibility index (Phi) is 2.26. The van der Waals surface area contributed by atoms with Gasteiger partial charge in [-0.2, -0.15) is 0 Å². The third kappa shape index (κ3) is 1.65. The average Bonchev–Trinajstić information content (AvgIpc) is 2.81. The van der Waals surface area contributed by atoms with Gasteiger partial charge < -0.3 is 4.40 Å². The van der Waals surface area contributed by atoms with Gasteiger partial charge in [0.15, 0.2) is 9.84 Å². The Labute approximate surface area is 100 Å². The molecule has 0 N–H and O–H groups in total. The molecule has 2 aromatic rings. The molecule has 1 atom stereocenters. The highest BCUT2D eigenvalue weighted by Crippen LogP contribution is 2.34. The third-order valence-electron chi connectivity index (χ3n) is 3.36. The molecule has 0 radical (unpaired) electrons. The Balaban J connectivity index is 2.16. The van der Waals surface area contributed by atoms with Gasteiger partial charge in [0.2, 0.25) is 0 Å². The molecule has 1 aliphatic rings. The molecular formula is C12H14N2O2S. The molecule has 0 aromatic carbocycles. The number of aryl methyl sites for hydroxylation is 1. The SMILES string of the molecule is Cc1cccn2cc(C3CCCS3(=O)=O)nc12. The molecular weight excluding hydrogens is 236 g/mol. The van der Waals surface area contributed by atoms with E-state index in [1.54, 1.807) is 0 Å². The lowest BCUT2D eigenvalue weighted by atomic mass is 10.2. The molecule has 1 fully saturated rings. The minimum Gasteiger partial charge on any atom is -0.307 e. The van der Waals surface area contributed by atoms with Crippen LogP contribution in [0.3, 0.4) is 0 Å². The zero-order valence-corrected chi connectivity index (χ0v) is 10.4. The molecule has 2 aromatic heterocycles. The summed E-state index contributed by atoms with van der Waals surface area (Å²) in [6.07, 6.45) is 5.20. The molecule has 0 saturated carbocycles. The highest BCUT2D eigenvalue weighted by atomic mass is 32.2. The second-order valence-corrected chi connectivity index (χ2v) is 6.89. The van der Waals surface area contributed by atoms with E-state index in [1.165, 1.54) is 0 Å². The molecule has 0 bridgehead atoms. The number of pyridine rings is 1. The van der Waals surface area contributed by atoms with Crippen LogP contribution in [0.1, 0.15) is 29.3 Å². The van der Waals surface area contributed by atoms with E-state index >= 15 is 0 Å². The first-order valence-electron chi connectivity index (χ1n) is 5.74. The molecule has 3 rings (SSSR count). The number of hydrogen-bond donors (Lipinski definition) is 0. The lowest BCUT2D eigenvalue weighted by Gasteiger charge is -2.03. The lowest BCUT2D eigenvalue weighted by molar-refractivity contribution is 0.591. The fourth-order valence-electron chi connectivity index (χ4n) is 2.45. The van der Waals surface area contributed by atoms with Gasteiger partial charge in [0.25, 0.3) is 0 Å². The van der Waals surface area contributed by atoms with Crippen molar-refractivity contribution in [1.29, 1.82) is 0 Å². The molecule has 1 unspecified atom stereocenters. The van der Waals surface area contributed by atoms with Crippen LogP contribution in [0, 0.1) is 6.92 Å². The van der Waals surface area contributed by atoms with Crippen LogP contribution in [0.5, 0.6) is 0 Å². The minimum atomic E-state index is -2.98. The maximum Gasteiger partial charge on any atom is 0.158 e. The van der Waals surface area contributed by atoms with E-state index < -0.39 is 15.1 Å². The predicted octanol–water partition coefficient (Wildman–Crippen LogP) is 1.89. The van der Waals surface area contributed by atoms with Crippen molar-refractivity contribution in [1.82, 2.24) is 9.38 Å². The van der Waals surface area contributed by atoms with Crippen LogP contribution in [0.25, 0.3) is 5.65 Å². The van der Waals surface area contributed by atoms with Gasteiger partial charge in [-0.1, -0.05) is 6.07 Å². The first kappa shape index (κ1) is 10.8. The molecule has 4 nitrogen and oxygen atoms in total. The van der Waals surface area contributed by atoms with Crippen molar-refractivity contribution in [3.05, 3.63) is 35.8 Å². The summed E-state index contributed by atoms with van der Waals surface area (Å²) >= 11 is 0. The van der Waals surface area contributed by atoms with Crippen LogP contribution in [-0.4, -0.2) is 23.6 Å². The van der Waals surface area contributed by atoms with Crippen LogP contribution in [0.4, 0.5) is 0 Å². The standard InChI is InChI=1S/C12H14N2O2S/c1-9-4-2-6-14-8-10(13-12(9)14)11-5-3-7-17(11,15)16/h2,4,6,8,11H,3,5,7H2,1H3. The molecule has 90 valence electrons.